The van der Waals surface area contributed by atoms with E-state index in [1.54, 1.807) is 26.2 Å². The largest absolute Gasteiger partial charge is 0.496 e. The van der Waals surface area contributed by atoms with Gasteiger partial charge in [0.25, 0.3) is 0 Å². The number of methoxy groups -OCH3 is 1. The number of carbonyl (C=O) groups excluding carboxylic acids is 1. The standard InChI is InChI=1S/C17H24O3S/c1-12-5-4-6-16(9-12)21(19)11-15-10-14(13(2)18)7-8-17(15)20-3/h7-8,10,12,16H,4-6,9,11H2,1-3H3. The van der Waals surface area contributed by atoms with Crippen LogP contribution in [0.1, 0.15) is 55.5 Å². The molecule has 2 rings (SSSR count). The lowest BCUT2D eigenvalue weighted by atomic mass is 9.91. The summed E-state index contributed by atoms with van der Waals surface area (Å²) in [6.07, 6.45) is 4.51. The first-order valence-corrected chi connectivity index (χ1v) is 8.94. The van der Waals surface area contributed by atoms with Gasteiger partial charge in [0.05, 0.1) is 12.9 Å². The van der Waals surface area contributed by atoms with Gasteiger partial charge in [-0.1, -0.05) is 19.8 Å². The molecule has 4 heteroatoms. The van der Waals surface area contributed by atoms with Gasteiger partial charge >= 0.3 is 0 Å². The molecule has 1 aromatic carbocycles. The summed E-state index contributed by atoms with van der Waals surface area (Å²) in [4.78, 5) is 11.5. The number of rotatable bonds is 5. The van der Waals surface area contributed by atoms with Crippen molar-refractivity contribution in [1.82, 2.24) is 0 Å². The van der Waals surface area contributed by atoms with Gasteiger partial charge < -0.3 is 4.74 Å². The second kappa shape index (κ2) is 7.21. The third-order valence-corrected chi connectivity index (χ3v) is 6.01. The molecule has 0 saturated heterocycles. The number of Topliss-reactive ketones (excluding diaryl/α,β-unsaturated/α-hetero) is 1. The van der Waals surface area contributed by atoms with Crippen LogP contribution in [0, 0.1) is 5.92 Å². The van der Waals surface area contributed by atoms with Gasteiger partial charge in [0.2, 0.25) is 0 Å². The zero-order chi connectivity index (χ0) is 15.4. The zero-order valence-electron chi connectivity index (χ0n) is 13.1. The van der Waals surface area contributed by atoms with Crippen LogP contribution < -0.4 is 4.74 Å². The monoisotopic (exact) mass is 308 g/mol. The van der Waals surface area contributed by atoms with Crippen molar-refractivity contribution in [3.63, 3.8) is 0 Å². The van der Waals surface area contributed by atoms with E-state index in [1.807, 2.05) is 6.07 Å². The molecule has 116 valence electrons. The summed E-state index contributed by atoms with van der Waals surface area (Å²) in [7, 11) is 0.706. The Kier molecular flexibility index (Phi) is 5.57. The SMILES string of the molecule is COc1ccc(C(C)=O)cc1CS(=O)C1CCCC(C)C1. The van der Waals surface area contributed by atoms with Crippen molar-refractivity contribution in [3.05, 3.63) is 29.3 Å². The molecule has 0 bridgehead atoms. The third kappa shape index (κ3) is 4.16. The number of benzene rings is 1. The molecule has 0 radical (unpaired) electrons. The molecule has 0 spiro atoms. The maximum absolute atomic E-state index is 12.6. The van der Waals surface area contributed by atoms with Gasteiger partial charge in [-0.15, -0.1) is 0 Å². The van der Waals surface area contributed by atoms with E-state index in [0.29, 0.717) is 17.2 Å². The van der Waals surface area contributed by atoms with E-state index in [1.165, 1.54) is 12.8 Å². The minimum atomic E-state index is -0.903. The van der Waals surface area contributed by atoms with Gasteiger partial charge in [-0.3, -0.25) is 9.00 Å². The van der Waals surface area contributed by atoms with Gasteiger partial charge in [-0.25, -0.2) is 0 Å². The summed E-state index contributed by atoms with van der Waals surface area (Å²) in [5, 5.41) is 0.277. The molecule has 1 aliphatic rings. The van der Waals surface area contributed by atoms with Crippen LogP contribution in [-0.4, -0.2) is 22.4 Å². The number of ether oxygens (including phenoxy) is 1. The summed E-state index contributed by atoms with van der Waals surface area (Å²) in [5.41, 5.74) is 1.53. The molecule has 3 unspecified atom stereocenters. The average Bonchev–Trinajstić information content (AvgIpc) is 2.47. The number of ketones is 1. The normalized spacial score (nSPS) is 23.6. The second-order valence-corrected chi connectivity index (χ2v) is 7.72. The van der Waals surface area contributed by atoms with Crippen molar-refractivity contribution in [1.29, 1.82) is 0 Å². The molecule has 0 N–H and O–H groups in total. The van der Waals surface area contributed by atoms with E-state index < -0.39 is 10.8 Å². The van der Waals surface area contributed by atoms with Crippen molar-refractivity contribution >= 4 is 16.6 Å². The van der Waals surface area contributed by atoms with Crippen molar-refractivity contribution < 1.29 is 13.7 Å². The molecule has 0 amide bonds. The van der Waals surface area contributed by atoms with E-state index in [2.05, 4.69) is 6.92 Å². The molecule has 3 nitrogen and oxygen atoms in total. The summed E-state index contributed by atoms with van der Waals surface area (Å²) >= 11 is 0. The molecule has 1 aromatic rings. The van der Waals surface area contributed by atoms with E-state index >= 15 is 0 Å². The van der Waals surface area contributed by atoms with Crippen LogP contribution in [0.5, 0.6) is 5.75 Å². The summed E-state index contributed by atoms with van der Waals surface area (Å²) in [6.45, 7) is 3.78. The van der Waals surface area contributed by atoms with Crippen molar-refractivity contribution in [3.8, 4) is 5.75 Å². The molecule has 0 aromatic heterocycles. The lowest BCUT2D eigenvalue weighted by Gasteiger charge is -2.26. The van der Waals surface area contributed by atoms with E-state index in [4.69, 9.17) is 4.74 Å². The van der Waals surface area contributed by atoms with E-state index in [9.17, 15) is 9.00 Å². The number of hydrogen-bond acceptors (Lipinski definition) is 3. The molecule has 1 saturated carbocycles. The highest BCUT2D eigenvalue weighted by molar-refractivity contribution is 7.84. The minimum Gasteiger partial charge on any atom is -0.496 e. The van der Waals surface area contributed by atoms with Gasteiger partial charge in [-0.2, -0.15) is 0 Å². The van der Waals surface area contributed by atoms with Gasteiger partial charge in [0.1, 0.15) is 5.75 Å². The quantitative estimate of drug-likeness (QED) is 0.779. The highest BCUT2D eigenvalue weighted by Crippen LogP contribution is 2.30. The van der Waals surface area contributed by atoms with Crippen LogP contribution in [0.15, 0.2) is 18.2 Å². The predicted molar refractivity (Wildman–Crippen MR) is 86.3 cm³/mol. The topological polar surface area (TPSA) is 43.4 Å². The van der Waals surface area contributed by atoms with Crippen LogP contribution in [-0.2, 0) is 16.6 Å². The Morgan fingerprint density at radius 2 is 2.14 bits per heavy atom. The van der Waals surface area contributed by atoms with Crippen LogP contribution in [0.2, 0.25) is 0 Å². The van der Waals surface area contributed by atoms with Crippen molar-refractivity contribution in [2.24, 2.45) is 5.92 Å². The Morgan fingerprint density at radius 1 is 1.38 bits per heavy atom. The fourth-order valence-corrected chi connectivity index (χ4v) is 4.74. The molecule has 0 aliphatic heterocycles. The first kappa shape index (κ1) is 16.2. The Balaban J connectivity index is 2.15. The molecule has 3 atom stereocenters. The fourth-order valence-electron chi connectivity index (χ4n) is 3.00. The summed E-state index contributed by atoms with van der Waals surface area (Å²) in [6, 6.07) is 5.38. The Hall–Kier alpha value is -1.16. The lowest BCUT2D eigenvalue weighted by molar-refractivity contribution is 0.101. The summed E-state index contributed by atoms with van der Waals surface area (Å²) < 4.78 is 18.0. The number of hydrogen-bond donors (Lipinski definition) is 0. The zero-order valence-corrected chi connectivity index (χ0v) is 13.9. The predicted octanol–water partition coefficient (Wildman–Crippen LogP) is 3.73. The van der Waals surface area contributed by atoms with Crippen molar-refractivity contribution in [2.75, 3.05) is 7.11 Å². The minimum absolute atomic E-state index is 0.0240. The highest BCUT2D eigenvalue weighted by atomic mass is 32.2. The first-order chi connectivity index (χ1) is 10.0. The number of carbonyl (C=O) groups is 1. The molecule has 1 aliphatic carbocycles. The lowest BCUT2D eigenvalue weighted by Crippen LogP contribution is -2.24. The molecular formula is C17H24O3S. The first-order valence-electron chi connectivity index (χ1n) is 7.56. The van der Waals surface area contributed by atoms with Gasteiger partial charge in [-0.05, 0) is 43.9 Å². The Bertz CT molecular complexity index is 539. The Labute approximate surface area is 129 Å². The fraction of sp³-hybridized carbons (Fsp3) is 0.588. The second-order valence-electron chi connectivity index (χ2n) is 6.00. The highest BCUT2D eigenvalue weighted by Gasteiger charge is 2.24. The Morgan fingerprint density at radius 3 is 2.76 bits per heavy atom. The van der Waals surface area contributed by atoms with E-state index in [0.717, 1.165) is 24.2 Å². The molecule has 21 heavy (non-hydrogen) atoms. The third-order valence-electron chi connectivity index (χ3n) is 4.24. The smallest absolute Gasteiger partial charge is 0.159 e. The molecular weight excluding hydrogens is 284 g/mol. The van der Waals surface area contributed by atoms with Gasteiger partial charge in [0.15, 0.2) is 5.78 Å². The van der Waals surface area contributed by atoms with Crippen LogP contribution in [0.3, 0.4) is 0 Å². The van der Waals surface area contributed by atoms with Crippen LogP contribution >= 0.6 is 0 Å². The van der Waals surface area contributed by atoms with Crippen LogP contribution in [0.25, 0.3) is 0 Å². The van der Waals surface area contributed by atoms with Crippen molar-refractivity contribution in [2.45, 2.75) is 50.5 Å². The average molecular weight is 308 g/mol. The van der Waals surface area contributed by atoms with Crippen LogP contribution in [0.4, 0.5) is 0 Å². The summed E-state index contributed by atoms with van der Waals surface area (Å²) in [5.74, 6) is 1.88. The molecule has 1 fully saturated rings. The maximum Gasteiger partial charge on any atom is 0.159 e. The molecule has 0 heterocycles. The maximum atomic E-state index is 12.6. The van der Waals surface area contributed by atoms with Gasteiger partial charge in [0, 0.05) is 27.2 Å². The van der Waals surface area contributed by atoms with E-state index in [-0.39, 0.29) is 11.0 Å².